The Labute approximate surface area is 56.1 Å². The molecule has 2 nitrogen and oxygen atoms in total. The highest BCUT2D eigenvalue weighted by Gasteiger charge is 1.81. The third-order valence-electron chi connectivity index (χ3n) is 0.932. The molecule has 1 heterocycles. The number of aliphatic hydroxyl groups excluding tert-OH is 1. The molecule has 9 heavy (non-hydrogen) atoms. The molecule has 3 heteroatoms. The first-order chi connectivity index (χ1) is 3.93. The quantitative estimate of drug-likeness (QED) is 0.536. The molecule has 3 radical (unpaired) electrons. The van der Waals surface area contributed by atoms with Crippen LogP contribution in [0.3, 0.4) is 0 Å². The van der Waals surface area contributed by atoms with Crippen LogP contribution in [0.4, 0.5) is 0 Å². The Kier molecular flexibility index (Phi) is 3.72. The van der Waals surface area contributed by atoms with E-state index in [-0.39, 0.29) is 15.0 Å². The fourth-order valence-corrected chi connectivity index (χ4v) is 0.488. The molecule has 0 aliphatic carbocycles. The van der Waals surface area contributed by atoms with E-state index in [1.165, 1.54) is 0 Å². The minimum Gasteiger partial charge on any atom is -0.392 e. The van der Waals surface area contributed by atoms with E-state index in [9.17, 15) is 0 Å². The molecule has 0 bridgehead atoms. The first-order valence-corrected chi connectivity index (χ1v) is 2.43. The van der Waals surface area contributed by atoms with E-state index in [2.05, 4.69) is 4.98 Å². The van der Waals surface area contributed by atoms with Gasteiger partial charge < -0.3 is 5.11 Å². The third kappa shape index (κ3) is 2.28. The molecule has 0 saturated carbocycles. The van der Waals surface area contributed by atoms with Crippen LogP contribution in [0.25, 0.3) is 0 Å². The maximum Gasteiger partial charge on any atom is 0.0682 e. The topological polar surface area (TPSA) is 33.1 Å². The smallest absolute Gasteiger partial charge is 0.0682 e. The van der Waals surface area contributed by atoms with Gasteiger partial charge in [0.1, 0.15) is 0 Å². The van der Waals surface area contributed by atoms with E-state index >= 15 is 0 Å². The molecule has 0 amide bonds. The van der Waals surface area contributed by atoms with Crippen LogP contribution in [-0.4, -0.2) is 18.5 Å². The molecule has 0 aliphatic rings. The predicted molar refractivity (Wildman–Crippen MR) is 35.9 cm³/mol. The van der Waals surface area contributed by atoms with Crippen molar-refractivity contribution in [3.63, 3.8) is 0 Å². The Hall–Kier alpha value is -0.825. The number of nitrogens with zero attached hydrogens (tertiary/aromatic N) is 1. The van der Waals surface area contributed by atoms with Gasteiger partial charge in [-0.3, -0.25) is 4.98 Å². The van der Waals surface area contributed by atoms with Crippen molar-refractivity contribution in [1.29, 1.82) is 0 Å². The maximum absolute atomic E-state index is 8.51. The number of pyridine rings is 1. The van der Waals surface area contributed by atoms with Crippen molar-refractivity contribution in [1.82, 2.24) is 4.98 Å². The summed E-state index contributed by atoms with van der Waals surface area (Å²) in [5.41, 5.74) is 0.903. The van der Waals surface area contributed by atoms with Crippen LogP contribution in [0.1, 0.15) is 5.56 Å². The van der Waals surface area contributed by atoms with E-state index in [1.54, 1.807) is 24.5 Å². The van der Waals surface area contributed by atoms with Crippen molar-refractivity contribution in [3.8, 4) is 0 Å². The minimum absolute atomic E-state index is 0. The highest BCUT2D eigenvalue weighted by Crippen LogP contribution is 1.92. The Morgan fingerprint density at radius 1 is 1.33 bits per heavy atom. The van der Waals surface area contributed by atoms with E-state index in [4.69, 9.17) is 5.11 Å². The number of aliphatic hydroxyl groups is 1. The molecular formula is C6H7BNO. The highest BCUT2D eigenvalue weighted by atomic mass is 16.3. The molecule has 1 N–H and O–H groups in total. The summed E-state index contributed by atoms with van der Waals surface area (Å²) in [5.74, 6) is 0. The van der Waals surface area contributed by atoms with E-state index < -0.39 is 0 Å². The molecule has 0 atom stereocenters. The predicted octanol–water partition coefficient (Wildman–Crippen LogP) is 0.193. The first kappa shape index (κ1) is 8.17. The van der Waals surface area contributed by atoms with Crippen LogP contribution >= 0.6 is 0 Å². The van der Waals surface area contributed by atoms with Crippen LogP contribution in [-0.2, 0) is 6.61 Å². The zero-order valence-electron chi connectivity index (χ0n) is 4.99. The second kappa shape index (κ2) is 4.09. The van der Waals surface area contributed by atoms with Gasteiger partial charge in [0, 0.05) is 20.8 Å². The molecule has 0 aliphatic heterocycles. The first-order valence-electron chi connectivity index (χ1n) is 2.43. The second-order valence-electron chi connectivity index (χ2n) is 1.51. The average Bonchev–Trinajstić information content (AvgIpc) is 1.90. The Bertz CT molecular complexity index is 154. The van der Waals surface area contributed by atoms with Gasteiger partial charge in [0.15, 0.2) is 0 Å². The fraction of sp³-hybridized carbons (Fsp3) is 0.167. The van der Waals surface area contributed by atoms with E-state index in [0.29, 0.717) is 0 Å². The van der Waals surface area contributed by atoms with Gasteiger partial charge in [-0.05, 0) is 17.7 Å². The summed E-state index contributed by atoms with van der Waals surface area (Å²) in [6, 6.07) is 3.56. The number of hydrogen-bond acceptors (Lipinski definition) is 2. The molecule has 0 saturated heterocycles. The summed E-state index contributed by atoms with van der Waals surface area (Å²) in [5, 5.41) is 8.51. The SMILES string of the molecule is OCc1ccncc1.[B]. The van der Waals surface area contributed by atoms with Crippen LogP contribution in [0.2, 0.25) is 0 Å². The van der Waals surface area contributed by atoms with Crippen LogP contribution in [0.15, 0.2) is 24.5 Å². The van der Waals surface area contributed by atoms with Gasteiger partial charge in [-0.2, -0.15) is 0 Å². The number of hydrogen-bond donors (Lipinski definition) is 1. The average molecular weight is 120 g/mol. The standard InChI is InChI=1S/C6H7NO.B/c8-5-6-1-3-7-4-2-6;/h1-4,8H,5H2;. The summed E-state index contributed by atoms with van der Waals surface area (Å²) >= 11 is 0. The largest absolute Gasteiger partial charge is 0.392 e. The zero-order valence-corrected chi connectivity index (χ0v) is 4.99. The molecule has 45 valence electrons. The summed E-state index contributed by atoms with van der Waals surface area (Å²) in [6.45, 7) is 0.0997. The van der Waals surface area contributed by atoms with Crippen LogP contribution in [0, 0.1) is 0 Å². The van der Waals surface area contributed by atoms with Crippen molar-refractivity contribution in [2.45, 2.75) is 6.61 Å². The Balaban J connectivity index is 0.000000640. The lowest BCUT2D eigenvalue weighted by molar-refractivity contribution is 0.281. The monoisotopic (exact) mass is 120 g/mol. The fourth-order valence-electron chi connectivity index (χ4n) is 0.488. The van der Waals surface area contributed by atoms with Crippen LogP contribution in [0.5, 0.6) is 0 Å². The van der Waals surface area contributed by atoms with Crippen LogP contribution < -0.4 is 0 Å². The summed E-state index contributed by atoms with van der Waals surface area (Å²) in [4.78, 5) is 3.78. The maximum atomic E-state index is 8.51. The Morgan fingerprint density at radius 2 is 1.89 bits per heavy atom. The highest BCUT2D eigenvalue weighted by molar-refractivity contribution is 5.75. The Morgan fingerprint density at radius 3 is 2.22 bits per heavy atom. The van der Waals surface area contributed by atoms with Crippen molar-refractivity contribution >= 4 is 8.41 Å². The molecule has 1 aromatic rings. The second-order valence-corrected chi connectivity index (χ2v) is 1.51. The molecule has 0 spiro atoms. The van der Waals surface area contributed by atoms with Crippen molar-refractivity contribution in [2.24, 2.45) is 0 Å². The summed E-state index contributed by atoms with van der Waals surface area (Å²) in [6.07, 6.45) is 3.32. The molecule has 1 rings (SSSR count). The molecule has 0 aromatic carbocycles. The normalized spacial score (nSPS) is 8.11. The number of rotatable bonds is 1. The van der Waals surface area contributed by atoms with Gasteiger partial charge >= 0.3 is 0 Å². The minimum atomic E-state index is 0. The molecule has 0 fully saturated rings. The van der Waals surface area contributed by atoms with E-state index in [1.807, 2.05) is 0 Å². The van der Waals surface area contributed by atoms with Gasteiger partial charge in [0.25, 0.3) is 0 Å². The lowest BCUT2D eigenvalue weighted by Gasteiger charge is -1.88. The van der Waals surface area contributed by atoms with Crippen molar-refractivity contribution < 1.29 is 5.11 Å². The van der Waals surface area contributed by atoms with Gasteiger partial charge in [-0.15, -0.1) is 0 Å². The van der Waals surface area contributed by atoms with E-state index in [0.717, 1.165) is 5.56 Å². The van der Waals surface area contributed by atoms with Crippen molar-refractivity contribution in [3.05, 3.63) is 30.1 Å². The summed E-state index contributed by atoms with van der Waals surface area (Å²) in [7, 11) is 0. The molecule has 1 aromatic heterocycles. The molecule has 0 unspecified atom stereocenters. The summed E-state index contributed by atoms with van der Waals surface area (Å²) < 4.78 is 0. The molecular weight excluding hydrogens is 113 g/mol. The van der Waals surface area contributed by atoms with Gasteiger partial charge in [-0.1, -0.05) is 0 Å². The van der Waals surface area contributed by atoms with Gasteiger partial charge in [-0.25, -0.2) is 0 Å². The zero-order chi connectivity index (χ0) is 5.82. The lowest BCUT2D eigenvalue weighted by atomic mass is 10.3. The lowest BCUT2D eigenvalue weighted by Crippen LogP contribution is -1.80. The third-order valence-corrected chi connectivity index (χ3v) is 0.932. The van der Waals surface area contributed by atoms with Gasteiger partial charge in [0.05, 0.1) is 6.61 Å². The van der Waals surface area contributed by atoms with Crippen molar-refractivity contribution in [2.75, 3.05) is 0 Å². The van der Waals surface area contributed by atoms with Gasteiger partial charge in [0.2, 0.25) is 0 Å². The number of aromatic nitrogens is 1.